The summed E-state index contributed by atoms with van der Waals surface area (Å²) < 4.78 is 0. The Labute approximate surface area is 74.9 Å². The maximum atomic E-state index is 11.5. The highest BCUT2D eigenvalue weighted by Crippen LogP contribution is 2.21. The molecular weight excluding hydrogens is 150 g/mol. The van der Waals surface area contributed by atoms with Gasteiger partial charge in [-0.3, -0.25) is 0 Å². The molecule has 0 aromatic heterocycles. The van der Waals surface area contributed by atoms with E-state index in [1.54, 1.807) is 6.20 Å². The smallest absolute Gasteiger partial charge is 0.0172 e. The molecule has 1 rings (SSSR count). The second-order valence-corrected chi connectivity index (χ2v) is 4.49. The fourth-order valence-corrected chi connectivity index (χ4v) is 1.23. The average Bonchev–Trinajstić information content (AvgIpc) is 2.37. The van der Waals surface area contributed by atoms with E-state index in [9.17, 15) is 5.11 Å². The Morgan fingerprint density at radius 1 is 1.25 bits per heavy atom. The highest BCUT2D eigenvalue weighted by atomic mass is 16.3. The molecular formula is C10H18NO-. The Morgan fingerprint density at radius 3 is 2.17 bits per heavy atom. The molecule has 1 aliphatic rings. The molecule has 12 heavy (non-hydrogen) atoms. The van der Waals surface area contributed by atoms with Gasteiger partial charge in [-0.15, -0.1) is 5.76 Å². The molecule has 0 saturated carbocycles. The van der Waals surface area contributed by atoms with E-state index in [-0.39, 0.29) is 11.2 Å². The van der Waals surface area contributed by atoms with Crippen molar-refractivity contribution in [3.63, 3.8) is 0 Å². The third kappa shape index (κ3) is 2.43. The normalized spacial score (nSPS) is 20.2. The van der Waals surface area contributed by atoms with E-state index in [4.69, 9.17) is 0 Å². The van der Waals surface area contributed by atoms with Crippen molar-refractivity contribution in [3.05, 3.63) is 12.0 Å². The van der Waals surface area contributed by atoms with E-state index < -0.39 is 0 Å². The summed E-state index contributed by atoms with van der Waals surface area (Å²) in [6.07, 6.45) is 4.24. The number of nitrogens with zero attached hydrogens (tertiary/aromatic N) is 1. The number of rotatable bonds is 1. The molecule has 1 saturated heterocycles. The molecule has 1 fully saturated rings. The molecule has 1 aliphatic heterocycles. The summed E-state index contributed by atoms with van der Waals surface area (Å²) in [5.41, 5.74) is -0.220. The first-order valence-corrected chi connectivity index (χ1v) is 4.63. The van der Waals surface area contributed by atoms with E-state index in [0.29, 0.717) is 0 Å². The van der Waals surface area contributed by atoms with Crippen LogP contribution in [-0.4, -0.2) is 18.0 Å². The van der Waals surface area contributed by atoms with Crippen LogP contribution in [0.2, 0.25) is 0 Å². The van der Waals surface area contributed by atoms with Gasteiger partial charge in [0.2, 0.25) is 0 Å². The zero-order chi connectivity index (χ0) is 9.19. The van der Waals surface area contributed by atoms with Gasteiger partial charge in [0.05, 0.1) is 0 Å². The number of likely N-dealkylation sites (tertiary alicyclic amines) is 1. The van der Waals surface area contributed by atoms with Crippen LogP contribution in [0.1, 0.15) is 33.6 Å². The van der Waals surface area contributed by atoms with Gasteiger partial charge < -0.3 is 10.0 Å². The molecule has 0 aromatic rings. The van der Waals surface area contributed by atoms with Crippen LogP contribution in [0.4, 0.5) is 0 Å². The second kappa shape index (κ2) is 3.38. The largest absolute Gasteiger partial charge is 0.874 e. The summed E-state index contributed by atoms with van der Waals surface area (Å²) in [5, 5.41) is 11.5. The third-order valence-corrected chi connectivity index (χ3v) is 2.18. The van der Waals surface area contributed by atoms with Crippen LogP contribution in [0.25, 0.3) is 0 Å². The van der Waals surface area contributed by atoms with Crippen LogP contribution < -0.4 is 5.11 Å². The van der Waals surface area contributed by atoms with Gasteiger partial charge in [0, 0.05) is 13.1 Å². The predicted octanol–water partition coefficient (Wildman–Crippen LogP) is 1.33. The molecule has 0 unspecified atom stereocenters. The first-order chi connectivity index (χ1) is 5.50. The van der Waals surface area contributed by atoms with Gasteiger partial charge in [-0.25, -0.2) is 0 Å². The molecule has 2 nitrogen and oxygen atoms in total. The lowest BCUT2D eigenvalue weighted by molar-refractivity contribution is -0.324. The Kier molecular flexibility index (Phi) is 2.65. The zero-order valence-electron chi connectivity index (χ0n) is 8.26. The van der Waals surface area contributed by atoms with Gasteiger partial charge in [0.1, 0.15) is 0 Å². The van der Waals surface area contributed by atoms with E-state index in [1.807, 2.05) is 20.8 Å². The lowest BCUT2D eigenvalue weighted by Gasteiger charge is -2.30. The molecule has 0 aliphatic carbocycles. The van der Waals surface area contributed by atoms with E-state index >= 15 is 0 Å². The maximum absolute atomic E-state index is 11.5. The minimum absolute atomic E-state index is 0.220. The fourth-order valence-electron chi connectivity index (χ4n) is 1.23. The SMILES string of the molecule is CC(C)(C)/C([O-])=C/N1CCCC1. The fraction of sp³-hybridized carbons (Fsp3) is 0.800. The Bertz CT molecular complexity index is 173. The summed E-state index contributed by atoms with van der Waals surface area (Å²) in [6.45, 7) is 8.00. The quantitative estimate of drug-likeness (QED) is 0.552. The third-order valence-electron chi connectivity index (χ3n) is 2.18. The van der Waals surface area contributed by atoms with Crippen molar-refractivity contribution in [1.29, 1.82) is 0 Å². The molecule has 70 valence electrons. The van der Waals surface area contributed by atoms with Gasteiger partial charge in [-0.2, -0.15) is 0 Å². The summed E-state index contributed by atoms with van der Waals surface area (Å²) >= 11 is 0. The molecule has 0 atom stereocenters. The van der Waals surface area contributed by atoms with E-state index in [1.165, 1.54) is 12.8 Å². The molecule has 2 heteroatoms. The van der Waals surface area contributed by atoms with E-state index in [2.05, 4.69) is 4.90 Å². The molecule has 0 spiro atoms. The molecule has 0 N–H and O–H groups in total. The predicted molar refractivity (Wildman–Crippen MR) is 48.3 cm³/mol. The van der Waals surface area contributed by atoms with Crippen molar-refractivity contribution in [2.75, 3.05) is 13.1 Å². The minimum atomic E-state index is -0.220. The lowest BCUT2D eigenvalue weighted by Crippen LogP contribution is -2.24. The van der Waals surface area contributed by atoms with Gasteiger partial charge in [0.25, 0.3) is 0 Å². The standard InChI is InChI=1S/C10H19NO/c1-10(2,3)9(12)8-11-6-4-5-7-11/h8,12H,4-7H2,1-3H3/p-1/b9-8-. The van der Waals surface area contributed by atoms with Crippen LogP contribution in [0, 0.1) is 5.41 Å². The topological polar surface area (TPSA) is 26.3 Å². The number of hydrogen-bond donors (Lipinski definition) is 0. The minimum Gasteiger partial charge on any atom is -0.874 e. The summed E-state index contributed by atoms with van der Waals surface area (Å²) in [5.74, 6) is 0.240. The Hall–Kier alpha value is -0.660. The van der Waals surface area contributed by atoms with Gasteiger partial charge in [-0.1, -0.05) is 20.8 Å². The molecule has 0 radical (unpaired) electrons. The second-order valence-electron chi connectivity index (χ2n) is 4.49. The van der Waals surface area contributed by atoms with E-state index in [0.717, 1.165) is 13.1 Å². The molecule has 0 amide bonds. The van der Waals surface area contributed by atoms with Crippen LogP contribution >= 0.6 is 0 Å². The highest BCUT2D eigenvalue weighted by Gasteiger charge is 2.11. The first kappa shape index (κ1) is 9.43. The average molecular weight is 168 g/mol. The van der Waals surface area contributed by atoms with Crippen LogP contribution in [0.3, 0.4) is 0 Å². The van der Waals surface area contributed by atoms with Crippen molar-refractivity contribution in [3.8, 4) is 0 Å². The van der Waals surface area contributed by atoms with Crippen LogP contribution in [-0.2, 0) is 0 Å². The van der Waals surface area contributed by atoms with Crippen LogP contribution in [0.5, 0.6) is 0 Å². The van der Waals surface area contributed by atoms with Crippen LogP contribution in [0.15, 0.2) is 12.0 Å². The summed E-state index contributed by atoms with van der Waals surface area (Å²) in [4.78, 5) is 2.13. The van der Waals surface area contributed by atoms with Crippen molar-refractivity contribution in [2.45, 2.75) is 33.6 Å². The molecule has 1 heterocycles. The van der Waals surface area contributed by atoms with Crippen molar-refractivity contribution in [2.24, 2.45) is 5.41 Å². The maximum Gasteiger partial charge on any atom is 0.0172 e. The first-order valence-electron chi connectivity index (χ1n) is 4.63. The van der Waals surface area contributed by atoms with Crippen molar-refractivity contribution in [1.82, 2.24) is 4.90 Å². The summed E-state index contributed by atoms with van der Waals surface area (Å²) in [6, 6.07) is 0. The molecule has 0 aromatic carbocycles. The van der Waals surface area contributed by atoms with Crippen molar-refractivity contribution < 1.29 is 5.11 Å². The van der Waals surface area contributed by atoms with Gasteiger partial charge >= 0.3 is 0 Å². The lowest BCUT2D eigenvalue weighted by atomic mass is 9.94. The van der Waals surface area contributed by atoms with Gasteiger partial charge in [-0.05, 0) is 24.5 Å². The zero-order valence-corrected chi connectivity index (χ0v) is 8.26. The van der Waals surface area contributed by atoms with Crippen molar-refractivity contribution >= 4 is 0 Å². The monoisotopic (exact) mass is 168 g/mol. The number of allylic oxidation sites excluding steroid dienone is 1. The number of hydrogen-bond acceptors (Lipinski definition) is 2. The van der Waals surface area contributed by atoms with Gasteiger partial charge in [0.15, 0.2) is 0 Å². The summed E-state index contributed by atoms with van der Waals surface area (Å²) in [7, 11) is 0. The Morgan fingerprint density at radius 2 is 1.75 bits per heavy atom. The molecule has 0 bridgehead atoms. The Balaban J connectivity index is 2.55. The highest BCUT2D eigenvalue weighted by molar-refractivity contribution is 4.99.